The van der Waals surface area contributed by atoms with Crippen molar-refractivity contribution in [1.82, 2.24) is 5.06 Å². The molecule has 2 rings (SSSR count). The molecule has 3 heteroatoms. The summed E-state index contributed by atoms with van der Waals surface area (Å²) in [6.45, 7) is 8.15. The minimum atomic E-state index is -1.31. The number of hydrogen-bond acceptors (Lipinski definition) is 3. The fourth-order valence-corrected chi connectivity index (χ4v) is 3.61. The summed E-state index contributed by atoms with van der Waals surface area (Å²) in [5.74, 6) is 0. The molecule has 1 fully saturated rings. The van der Waals surface area contributed by atoms with Gasteiger partial charge in [-0.3, -0.25) is 4.84 Å². The lowest BCUT2D eigenvalue weighted by Gasteiger charge is -2.53. The summed E-state index contributed by atoms with van der Waals surface area (Å²) < 4.78 is 17.0. The van der Waals surface area contributed by atoms with Crippen LogP contribution in [0.15, 0.2) is 12.1 Å². The summed E-state index contributed by atoms with van der Waals surface area (Å²) in [7, 11) is 0. The molecular weight excluding hydrogens is 250 g/mol. The van der Waals surface area contributed by atoms with Crippen molar-refractivity contribution in [1.29, 1.82) is 0 Å². The zero-order valence-electron chi connectivity index (χ0n) is 15.4. The molecule has 0 aromatic rings. The number of hydrogen-bond donors (Lipinski definition) is 1. The first kappa shape index (κ1) is 13.3. The van der Waals surface area contributed by atoms with Gasteiger partial charge in [0.2, 0.25) is 0 Å². The van der Waals surface area contributed by atoms with E-state index in [1.54, 1.807) is 0 Å². The summed E-state index contributed by atoms with van der Waals surface area (Å²) in [6, 6.07) is 0.268. The van der Waals surface area contributed by atoms with Crippen molar-refractivity contribution >= 4 is 0 Å². The molecule has 0 radical (unpaired) electrons. The number of piperidine rings is 1. The van der Waals surface area contributed by atoms with Crippen molar-refractivity contribution in [2.24, 2.45) is 0 Å². The van der Waals surface area contributed by atoms with Gasteiger partial charge >= 0.3 is 0 Å². The summed E-state index contributed by atoms with van der Waals surface area (Å²) >= 11 is 0. The molecule has 1 unspecified atom stereocenters. The molecule has 1 N–H and O–H groups in total. The Hall–Kier alpha value is -0.380. The lowest BCUT2D eigenvalue weighted by molar-refractivity contribution is -0.307. The molecule has 0 saturated carbocycles. The Bertz CT molecular complexity index is 418. The highest BCUT2D eigenvalue weighted by Crippen LogP contribution is 2.39. The molecule has 0 aromatic heterocycles. The van der Waals surface area contributed by atoms with E-state index in [0.717, 1.165) is 25.7 Å². The first-order valence-electron chi connectivity index (χ1n) is 8.92. The van der Waals surface area contributed by atoms with Crippen molar-refractivity contribution in [3.63, 3.8) is 0 Å². The molecule has 1 atom stereocenters. The summed E-state index contributed by atoms with van der Waals surface area (Å²) in [4.78, 5) is 6.18. The number of aliphatic hydroxyl groups is 1. The third-order valence-corrected chi connectivity index (χ3v) is 4.29. The number of aliphatic hydroxyl groups excluding tert-OH is 1. The largest absolute Gasteiger partial charge is 0.393 e. The molecule has 1 heterocycles. The van der Waals surface area contributed by atoms with Crippen LogP contribution in [0.25, 0.3) is 0 Å². The molecule has 20 heavy (non-hydrogen) atoms. The van der Waals surface area contributed by atoms with Gasteiger partial charge in [0, 0.05) is 11.1 Å². The van der Waals surface area contributed by atoms with Crippen LogP contribution in [-0.2, 0) is 4.84 Å². The van der Waals surface area contributed by atoms with Crippen molar-refractivity contribution < 1.29 is 12.7 Å². The maximum absolute atomic E-state index is 10.1. The molecule has 116 valence electrons. The highest BCUT2D eigenvalue weighted by molar-refractivity contribution is 4.98. The number of rotatable bonds is 2. The van der Waals surface area contributed by atoms with Gasteiger partial charge in [-0.1, -0.05) is 25.0 Å². The normalized spacial score (nSPS) is 40.0. The van der Waals surface area contributed by atoms with Crippen LogP contribution in [0.2, 0.25) is 0 Å². The van der Waals surface area contributed by atoms with Gasteiger partial charge in [0.1, 0.15) is 0 Å². The van der Waals surface area contributed by atoms with E-state index in [9.17, 15) is 5.11 Å². The molecule has 0 aromatic carbocycles. The molecule has 0 amide bonds. The predicted molar refractivity (Wildman–Crippen MR) is 82.3 cm³/mol. The topological polar surface area (TPSA) is 32.7 Å². The zero-order valence-corrected chi connectivity index (χ0v) is 13.4. The Morgan fingerprint density at radius 3 is 2.50 bits per heavy atom. The summed E-state index contributed by atoms with van der Waals surface area (Å²) in [5.41, 5.74) is -0.726. The lowest BCUT2D eigenvalue weighted by atomic mass is 9.80. The predicted octanol–water partition coefficient (Wildman–Crippen LogP) is 3.82. The monoisotopic (exact) mass is 283 g/mol. The van der Waals surface area contributed by atoms with Crippen LogP contribution in [0, 0.1) is 0 Å². The third-order valence-electron chi connectivity index (χ3n) is 4.29. The second-order valence-corrected chi connectivity index (χ2v) is 7.44. The standard InChI is InChI=1S/C17H31NO2/c1-16(2)12-14(19)13-17(3,4)18(16)20-15-10-8-6-5-7-9-11-15/h8,10,14-15,19H,5-7,9,11-13H2,1-4H3/b10-8-/i10D,15D. The molecule has 0 spiro atoms. The van der Waals surface area contributed by atoms with Crippen LogP contribution in [0.1, 0.15) is 75.4 Å². The van der Waals surface area contributed by atoms with E-state index in [4.69, 9.17) is 7.58 Å². The van der Waals surface area contributed by atoms with Gasteiger partial charge in [-0.15, -0.1) is 0 Å². The van der Waals surface area contributed by atoms with Crippen LogP contribution in [0.4, 0.5) is 0 Å². The van der Waals surface area contributed by atoms with Gasteiger partial charge in [-0.05, 0) is 59.8 Å². The van der Waals surface area contributed by atoms with Crippen molar-refractivity contribution in [2.45, 2.75) is 95.9 Å². The van der Waals surface area contributed by atoms with E-state index in [1.807, 2.05) is 38.8 Å². The average Bonchev–Trinajstić information content (AvgIpc) is 2.34. The molecule has 1 saturated heterocycles. The highest BCUT2D eigenvalue weighted by atomic mass is 16.7. The second kappa shape index (κ2) is 6.17. The lowest BCUT2D eigenvalue weighted by Crippen LogP contribution is -2.62. The van der Waals surface area contributed by atoms with Crippen LogP contribution < -0.4 is 0 Å². The first-order valence-corrected chi connectivity index (χ1v) is 7.92. The Morgan fingerprint density at radius 2 is 1.85 bits per heavy atom. The molecule has 1 aliphatic carbocycles. The zero-order chi connectivity index (χ0) is 16.6. The van der Waals surface area contributed by atoms with Crippen molar-refractivity contribution in [3.05, 3.63) is 12.1 Å². The number of nitrogens with zero attached hydrogens (tertiary/aromatic N) is 1. The van der Waals surface area contributed by atoms with E-state index in [2.05, 4.69) is 0 Å². The molecule has 3 nitrogen and oxygen atoms in total. The Morgan fingerprint density at radius 1 is 1.20 bits per heavy atom. The fraction of sp³-hybridized carbons (Fsp3) is 0.882. The molecular formula is C17H31NO2. The minimum Gasteiger partial charge on any atom is -0.393 e. The Balaban J connectivity index is 2.27. The Kier molecular flexibility index (Phi) is 4.10. The quantitative estimate of drug-likeness (QED) is 0.782. The molecule has 2 aliphatic rings. The van der Waals surface area contributed by atoms with E-state index in [0.29, 0.717) is 19.3 Å². The van der Waals surface area contributed by atoms with Crippen LogP contribution in [-0.4, -0.2) is 33.4 Å². The smallest absolute Gasteiger partial charge is 0.0974 e. The minimum absolute atomic E-state index is 0.268. The van der Waals surface area contributed by atoms with Crippen molar-refractivity contribution in [3.8, 4) is 0 Å². The fourth-order valence-electron chi connectivity index (χ4n) is 3.61. The van der Waals surface area contributed by atoms with E-state index < -0.39 is 6.08 Å². The van der Waals surface area contributed by atoms with E-state index in [1.165, 1.54) is 0 Å². The van der Waals surface area contributed by atoms with Crippen LogP contribution >= 0.6 is 0 Å². The molecule has 1 aliphatic heterocycles. The van der Waals surface area contributed by atoms with Gasteiger partial charge in [-0.25, -0.2) is 0 Å². The summed E-state index contributed by atoms with van der Waals surface area (Å²) in [6.07, 6.45) is 5.90. The number of allylic oxidation sites excluding steroid dienone is 1. The third kappa shape index (κ3) is 3.84. The van der Waals surface area contributed by atoms with Crippen LogP contribution in [0.3, 0.4) is 0 Å². The van der Waals surface area contributed by atoms with Gasteiger partial charge in [0.25, 0.3) is 0 Å². The van der Waals surface area contributed by atoms with E-state index in [-0.39, 0.29) is 23.2 Å². The number of hydroxylamine groups is 2. The highest BCUT2D eigenvalue weighted by Gasteiger charge is 2.46. The average molecular weight is 283 g/mol. The van der Waals surface area contributed by atoms with E-state index >= 15 is 0 Å². The maximum Gasteiger partial charge on any atom is 0.0974 e. The van der Waals surface area contributed by atoms with Gasteiger partial charge in [-0.2, -0.15) is 5.06 Å². The molecule has 0 bridgehead atoms. The van der Waals surface area contributed by atoms with Crippen LogP contribution in [0.5, 0.6) is 0 Å². The van der Waals surface area contributed by atoms with Crippen molar-refractivity contribution in [2.75, 3.05) is 0 Å². The van der Waals surface area contributed by atoms with Gasteiger partial charge in [0.15, 0.2) is 0 Å². The second-order valence-electron chi connectivity index (χ2n) is 7.44. The van der Waals surface area contributed by atoms with Gasteiger partial charge < -0.3 is 5.11 Å². The SMILES string of the molecule is [2H]/C1=C/CCCCCC1([2H])ON1C(C)(C)CC(O)CC1(C)C. The maximum atomic E-state index is 10.1. The summed E-state index contributed by atoms with van der Waals surface area (Å²) in [5, 5.41) is 12.0. The Labute approximate surface area is 126 Å². The first-order chi connectivity index (χ1) is 10.1. The van der Waals surface area contributed by atoms with Gasteiger partial charge in [0.05, 0.1) is 14.9 Å².